The minimum Gasteiger partial charge on any atom is -0.361 e. The molecule has 4 heteroatoms. The maximum atomic E-state index is 11.7. The van der Waals surface area contributed by atoms with E-state index in [0.29, 0.717) is 16.5 Å². The fourth-order valence-electron chi connectivity index (χ4n) is 1.71. The van der Waals surface area contributed by atoms with Crippen molar-refractivity contribution in [1.29, 1.82) is 0 Å². The number of fused-ring (bicyclic) bond motifs is 1. The van der Waals surface area contributed by atoms with Gasteiger partial charge in [0.05, 0.1) is 10.0 Å². The molecular weight excluding hydrogens is 257 g/mol. The molecule has 0 unspecified atom stereocenters. The van der Waals surface area contributed by atoms with E-state index in [-0.39, 0.29) is 11.7 Å². The molecule has 0 saturated carbocycles. The van der Waals surface area contributed by atoms with Gasteiger partial charge in [0.1, 0.15) is 5.78 Å². The first-order valence-electron chi connectivity index (χ1n) is 5.46. The molecule has 0 aliphatic rings. The van der Waals surface area contributed by atoms with Gasteiger partial charge in [-0.1, -0.05) is 37.0 Å². The Morgan fingerprint density at radius 1 is 1.29 bits per heavy atom. The predicted octanol–water partition coefficient (Wildman–Crippen LogP) is 4.24. The van der Waals surface area contributed by atoms with Gasteiger partial charge in [-0.05, 0) is 17.7 Å². The number of carbonyl (C=O) groups excluding carboxylic acids is 1. The van der Waals surface area contributed by atoms with Gasteiger partial charge in [-0.3, -0.25) is 4.79 Å². The van der Waals surface area contributed by atoms with Crippen LogP contribution >= 0.6 is 23.2 Å². The summed E-state index contributed by atoms with van der Waals surface area (Å²) in [5, 5.41) is 1.99. The molecule has 1 aromatic heterocycles. The van der Waals surface area contributed by atoms with Gasteiger partial charge in [-0.2, -0.15) is 0 Å². The number of rotatable bonds is 3. The highest BCUT2D eigenvalue weighted by Gasteiger charge is 2.13. The highest BCUT2D eigenvalue weighted by atomic mass is 35.5. The molecule has 0 atom stereocenters. The second-order valence-electron chi connectivity index (χ2n) is 4.42. The topological polar surface area (TPSA) is 32.9 Å². The van der Waals surface area contributed by atoms with Crippen molar-refractivity contribution >= 4 is 39.9 Å². The summed E-state index contributed by atoms with van der Waals surface area (Å²) in [5.74, 6) is 0.264. The van der Waals surface area contributed by atoms with Gasteiger partial charge >= 0.3 is 0 Å². The van der Waals surface area contributed by atoms with Crippen LogP contribution in [0.2, 0.25) is 10.0 Å². The number of aromatic nitrogens is 1. The molecule has 2 aromatic rings. The lowest BCUT2D eigenvalue weighted by molar-refractivity contribution is -0.121. The fourth-order valence-corrected chi connectivity index (χ4v) is 2.04. The third-order valence-corrected chi connectivity index (χ3v) is 3.54. The van der Waals surface area contributed by atoms with Crippen LogP contribution in [0.4, 0.5) is 0 Å². The number of aromatic amines is 1. The van der Waals surface area contributed by atoms with Crippen molar-refractivity contribution in [3.8, 4) is 0 Å². The van der Waals surface area contributed by atoms with Crippen LogP contribution in [0, 0.1) is 5.92 Å². The number of H-pyrrole nitrogens is 1. The zero-order chi connectivity index (χ0) is 12.6. The van der Waals surface area contributed by atoms with Gasteiger partial charge in [-0.25, -0.2) is 0 Å². The average molecular weight is 270 g/mol. The molecule has 0 radical (unpaired) electrons. The smallest absolute Gasteiger partial charge is 0.139 e. The van der Waals surface area contributed by atoms with Crippen molar-refractivity contribution in [2.45, 2.75) is 20.3 Å². The van der Waals surface area contributed by atoms with Crippen molar-refractivity contribution in [2.75, 3.05) is 0 Å². The van der Waals surface area contributed by atoms with Crippen LogP contribution in [0.25, 0.3) is 10.9 Å². The number of hydrogen-bond donors (Lipinski definition) is 1. The lowest BCUT2D eigenvalue weighted by Crippen LogP contribution is -2.09. The van der Waals surface area contributed by atoms with Gasteiger partial charge in [-0.15, -0.1) is 0 Å². The molecule has 0 amide bonds. The Morgan fingerprint density at radius 3 is 2.59 bits per heavy atom. The minimum absolute atomic E-state index is 0.0442. The maximum Gasteiger partial charge on any atom is 0.139 e. The molecule has 0 spiro atoms. The minimum atomic E-state index is 0.0442. The van der Waals surface area contributed by atoms with Crippen molar-refractivity contribution in [1.82, 2.24) is 4.98 Å². The van der Waals surface area contributed by atoms with E-state index in [4.69, 9.17) is 23.2 Å². The van der Waals surface area contributed by atoms with Crippen molar-refractivity contribution in [3.05, 3.63) is 33.9 Å². The first-order chi connectivity index (χ1) is 7.99. The second kappa shape index (κ2) is 4.71. The summed E-state index contributed by atoms with van der Waals surface area (Å²) in [4.78, 5) is 14.8. The van der Waals surface area contributed by atoms with Gasteiger partial charge in [0.2, 0.25) is 0 Å². The van der Waals surface area contributed by atoms with Gasteiger partial charge in [0.15, 0.2) is 0 Å². The Hall–Kier alpha value is -0.990. The second-order valence-corrected chi connectivity index (χ2v) is 5.24. The van der Waals surface area contributed by atoms with Crippen LogP contribution in [-0.2, 0) is 11.2 Å². The summed E-state index contributed by atoms with van der Waals surface area (Å²) < 4.78 is 0. The number of ketones is 1. The molecule has 1 N–H and O–H groups in total. The maximum absolute atomic E-state index is 11.7. The van der Waals surface area contributed by atoms with E-state index in [2.05, 4.69) is 4.98 Å². The molecular formula is C13H13Cl2NO. The van der Waals surface area contributed by atoms with E-state index >= 15 is 0 Å². The van der Waals surface area contributed by atoms with Crippen LogP contribution in [0.3, 0.4) is 0 Å². The Bertz CT molecular complexity index is 572. The number of Topliss-reactive ketones (excluding diaryl/α,β-unsaturated/α-hetero) is 1. The van der Waals surface area contributed by atoms with Crippen molar-refractivity contribution in [2.24, 2.45) is 5.92 Å². The predicted molar refractivity (Wildman–Crippen MR) is 71.9 cm³/mol. The summed E-state index contributed by atoms with van der Waals surface area (Å²) >= 11 is 11.9. The summed E-state index contributed by atoms with van der Waals surface area (Å²) in [5.41, 5.74) is 1.88. The monoisotopic (exact) mass is 269 g/mol. The Balaban J connectivity index is 2.42. The summed E-state index contributed by atoms with van der Waals surface area (Å²) in [6.45, 7) is 3.81. The first kappa shape index (κ1) is 12.5. The molecule has 0 fully saturated rings. The van der Waals surface area contributed by atoms with E-state index in [1.807, 2.05) is 20.0 Å². The normalized spacial score (nSPS) is 11.4. The molecule has 1 heterocycles. The number of nitrogens with one attached hydrogen (secondary N) is 1. The van der Waals surface area contributed by atoms with Crippen molar-refractivity contribution in [3.63, 3.8) is 0 Å². The molecule has 1 aromatic carbocycles. The third-order valence-electron chi connectivity index (χ3n) is 2.82. The van der Waals surface area contributed by atoms with E-state index in [1.165, 1.54) is 0 Å². The highest BCUT2D eigenvalue weighted by Crippen LogP contribution is 2.29. The van der Waals surface area contributed by atoms with E-state index in [0.717, 1.165) is 16.5 Å². The largest absolute Gasteiger partial charge is 0.361 e. The van der Waals surface area contributed by atoms with E-state index in [9.17, 15) is 4.79 Å². The first-order valence-corrected chi connectivity index (χ1v) is 6.22. The zero-order valence-electron chi connectivity index (χ0n) is 9.68. The molecule has 0 bridgehead atoms. The van der Waals surface area contributed by atoms with Gasteiger partial charge in [0, 0.05) is 29.4 Å². The molecule has 0 aliphatic heterocycles. The molecule has 90 valence electrons. The molecule has 2 rings (SSSR count). The Labute approximate surface area is 110 Å². The number of halogens is 2. The fraction of sp³-hybridized carbons (Fsp3) is 0.308. The third kappa shape index (κ3) is 2.48. The molecule has 0 aliphatic carbocycles. The van der Waals surface area contributed by atoms with E-state index < -0.39 is 0 Å². The molecule has 17 heavy (non-hydrogen) atoms. The lowest BCUT2D eigenvalue weighted by Gasteiger charge is -2.03. The Morgan fingerprint density at radius 2 is 1.94 bits per heavy atom. The summed E-state index contributed by atoms with van der Waals surface area (Å²) in [6, 6.07) is 3.58. The molecule has 2 nitrogen and oxygen atoms in total. The SMILES string of the molecule is CC(C)C(=O)Cc1c[nH]c2cc(Cl)c(Cl)cc12. The Kier molecular flexibility index (Phi) is 3.45. The summed E-state index contributed by atoms with van der Waals surface area (Å²) in [7, 11) is 0. The highest BCUT2D eigenvalue weighted by molar-refractivity contribution is 6.42. The summed E-state index contributed by atoms with van der Waals surface area (Å²) in [6.07, 6.45) is 2.27. The quantitative estimate of drug-likeness (QED) is 0.888. The van der Waals surface area contributed by atoms with Crippen LogP contribution in [0.5, 0.6) is 0 Å². The lowest BCUT2D eigenvalue weighted by atomic mass is 10.0. The van der Waals surface area contributed by atoms with Crippen LogP contribution in [0.1, 0.15) is 19.4 Å². The van der Waals surface area contributed by atoms with Crippen LogP contribution in [-0.4, -0.2) is 10.8 Å². The number of benzene rings is 1. The van der Waals surface area contributed by atoms with Crippen LogP contribution in [0.15, 0.2) is 18.3 Å². The number of hydrogen-bond acceptors (Lipinski definition) is 1. The zero-order valence-corrected chi connectivity index (χ0v) is 11.2. The number of carbonyl (C=O) groups is 1. The standard InChI is InChI=1S/C13H13Cl2NO/c1-7(2)13(17)3-8-6-16-12-5-11(15)10(14)4-9(8)12/h4-7,16H,3H2,1-2H3. The van der Waals surface area contributed by atoms with Crippen LogP contribution < -0.4 is 0 Å². The average Bonchev–Trinajstić information content (AvgIpc) is 2.62. The van der Waals surface area contributed by atoms with Crippen molar-refractivity contribution < 1.29 is 4.79 Å². The van der Waals surface area contributed by atoms with Gasteiger partial charge in [0.25, 0.3) is 0 Å². The van der Waals surface area contributed by atoms with E-state index in [1.54, 1.807) is 12.1 Å². The van der Waals surface area contributed by atoms with Gasteiger partial charge < -0.3 is 4.98 Å². The molecule has 0 saturated heterocycles.